The molecule has 0 spiro atoms. The minimum absolute atomic E-state index is 0.000728. The number of aromatic nitrogens is 2. The minimum Gasteiger partial charge on any atom is -0.494 e. The number of benzene rings is 2. The summed E-state index contributed by atoms with van der Waals surface area (Å²) >= 11 is 0. The van der Waals surface area contributed by atoms with Crippen LogP contribution in [0.5, 0.6) is 5.75 Å². The Labute approximate surface area is 188 Å². The first kappa shape index (κ1) is 20.8. The van der Waals surface area contributed by atoms with Crippen LogP contribution in [0.15, 0.2) is 54.6 Å². The molecule has 1 amide bonds. The lowest BCUT2D eigenvalue weighted by Crippen LogP contribution is -2.41. The molecule has 6 heteroatoms. The second-order valence-electron chi connectivity index (χ2n) is 8.72. The summed E-state index contributed by atoms with van der Waals surface area (Å²) in [4.78, 5) is 15.0. The number of nitrogens with zero attached hydrogens (tertiary/aromatic N) is 2. The lowest BCUT2D eigenvalue weighted by molar-refractivity contribution is -0.116. The van der Waals surface area contributed by atoms with E-state index >= 15 is 0 Å². The van der Waals surface area contributed by atoms with E-state index in [4.69, 9.17) is 4.74 Å². The molecule has 32 heavy (non-hydrogen) atoms. The zero-order valence-electron chi connectivity index (χ0n) is 18.3. The number of anilines is 1. The van der Waals surface area contributed by atoms with Gasteiger partial charge in [-0.3, -0.25) is 14.8 Å². The molecular formula is C26H30N4O2. The van der Waals surface area contributed by atoms with Gasteiger partial charge in [-0.2, -0.15) is 5.10 Å². The SMILES string of the molecule is O=C(CCCOc1ccccc1)Nc1ccc2[nH]nc(C3=CCN4CCCCC4C3)c2c1. The lowest BCUT2D eigenvalue weighted by Gasteiger charge is -2.38. The number of carbonyl (C=O) groups is 1. The van der Waals surface area contributed by atoms with Crippen LogP contribution in [-0.2, 0) is 4.79 Å². The van der Waals surface area contributed by atoms with Crippen molar-refractivity contribution in [3.63, 3.8) is 0 Å². The molecule has 2 aromatic carbocycles. The fourth-order valence-corrected chi connectivity index (χ4v) is 4.79. The third-order valence-corrected chi connectivity index (χ3v) is 6.49. The average molecular weight is 431 g/mol. The number of ether oxygens (including phenoxy) is 1. The third kappa shape index (κ3) is 4.70. The number of aromatic amines is 1. The van der Waals surface area contributed by atoms with Gasteiger partial charge in [0.1, 0.15) is 5.75 Å². The van der Waals surface area contributed by atoms with E-state index in [9.17, 15) is 4.79 Å². The highest BCUT2D eigenvalue weighted by Gasteiger charge is 2.27. The van der Waals surface area contributed by atoms with Crippen molar-refractivity contribution in [2.24, 2.45) is 0 Å². The maximum Gasteiger partial charge on any atom is 0.224 e. The van der Waals surface area contributed by atoms with E-state index in [0.29, 0.717) is 25.5 Å². The Morgan fingerprint density at radius 1 is 1.19 bits per heavy atom. The van der Waals surface area contributed by atoms with Crippen LogP contribution in [0.4, 0.5) is 5.69 Å². The summed E-state index contributed by atoms with van der Waals surface area (Å²) in [7, 11) is 0. The van der Waals surface area contributed by atoms with E-state index < -0.39 is 0 Å². The first-order valence-electron chi connectivity index (χ1n) is 11.7. The summed E-state index contributed by atoms with van der Waals surface area (Å²) in [5.74, 6) is 0.833. The molecule has 0 aliphatic carbocycles. The van der Waals surface area contributed by atoms with E-state index in [1.165, 1.54) is 31.4 Å². The number of amides is 1. The molecular weight excluding hydrogens is 400 g/mol. The van der Waals surface area contributed by atoms with Crippen molar-refractivity contribution >= 4 is 28.1 Å². The summed E-state index contributed by atoms with van der Waals surface area (Å²) in [6.07, 6.45) is 8.38. The molecule has 2 aliphatic rings. The van der Waals surface area contributed by atoms with Gasteiger partial charge in [-0.15, -0.1) is 0 Å². The highest BCUT2D eigenvalue weighted by molar-refractivity contribution is 5.97. The number of rotatable bonds is 7. The number of hydrogen-bond acceptors (Lipinski definition) is 4. The molecule has 3 aromatic rings. The van der Waals surface area contributed by atoms with E-state index in [2.05, 4.69) is 26.5 Å². The number of H-pyrrole nitrogens is 1. The monoisotopic (exact) mass is 430 g/mol. The smallest absolute Gasteiger partial charge is 0.224 e. The molecule has 5 rings (SSSR count). The number of hydrogen-bond donors (Lipinski definition) is 2. The normalized spacial score (nSPS) is 18.8. The molecule has 1 atom stereocenters. The van der Waals surface area contributed by atoms with Gasteiger partial charge in [-0.1, -0.05) is 30.7 Å². The average Bonchev–Trinajstić information content (AvgIpc) is 3.25. The first-order chi connectivity index (χ1) is 15.8. The molecule has 1 saturated heterocycles. The maximum absolute atomic E-state index is 12.4. The fourth-order valence-electron chi connectivity index (χ4n) is 4.79. The standard InChI is InChI=1S/C26H30N4O2/c31-25(10-6-16-32-22-8-2-1-3-9-22)27-20-11-12-24-23(18-20)26(29-28-24)19-13-15-30-14-5-4-7-21(30)17-19/h1-3,8-9,11-13,18,21H,4-7,10,14-17H2,(H,27,31)(H,28,29). The predicted octanol–water partition coefficient (Wildman–Crippen LogP) is 5.00. The van der Waals surface area contributed by atoms with Crippen LogP contribution in [0.2, 0.25) is 0 Å². The van der Waals surface area contributed by atoms with E-state index in [1.54, 1.807) is 0 Å². The van der Waals surface area contributed by atoms with Gasteiger partial charge in [0.2, 0.25) is 5.91 Å². The molecule has 0 radical (unpaired) electrons. The summed E-state index contributed by atoms with van der Waals surface area (Å²) in [6, 6.07) is 16.3. The number of fused-ring (bicyclic) bond motifs is 2. The number of carbonyl (C=O) groups excluding carboxylic acids is 1. The Balaban J connectivity index is 1.21. The van der Waals surface area contributed by atoms with Crippen molar-refractivity contribution in [3.05, 3.63) is 60.3 Å². The van der Waals surface area contributed by atoms with E-state index in [-0.39, 0.29) is 5.91 Å². The van der Waals surface area contributed by atoms with Gasteiger partial charge in [0, 0.05) is 30.1 Å². The zero-order chi connectivity index (χ0) is 21.8. The van der Waals surface area contributed by atoms with Gasteiger partial charge in [0.05, 0.1) is 17.8 Å². The summed E-state index contributed by atoms with van der Waals surface area (Å²) in [5.41, 5.74) is 4.16. The molecule has 2 aliphatic heterocycles. The Morgan fingerprint density at radius 3 is 3.00 bits per heavy atom. The van der Waals surface area contributed by atoms with Crippen LogP contribution in [0.1, 0.15) is 44.2 Å². The van der Waals surface area contributed by atoms with Gasteiger partial charge in [-0.25, -0.2) is 0 Å². The van der Waals surface area contributed by atoms with Crippen LogP contribution in [0, 0.1) is 0 Å². The highest BCUT2D eigenvalue weighted by atomic mass is 16.5. The van der Waals surface area contributed by atoms with Crippen molar-refractivity contribution in [1.29, 1.82) is 0 Å². The molecule has 0 saturated carbocycles. The van der Waals surface area contributed by atoms with Gasteiger partial charge in [-0.05, 0) is 68.1 Å². The van der Waals surface area contributed by atoms with Crippen molar-refractivity contribution in [3.8, 4) is 5.75 Å². The van der Waals surface area contributed by atoms with Crippen molar-refractivity contribution in [2.45, 2.75) is 44.6 Å². The zero-order valence-corrected chi connectivity index (χ0v) is 18.3. The molecule has 6 nitrogen and oxygen atoms in total. The van der Waals surface area contributed by atoms with Crippen LogP contribution >= 0.6 is 0 Å². The minimum atomic E-state index is 0.000728. The number of nitrogens with one attached hydrogen (secondary N) is 2. The van der Waals surface area contributed by atoms with E-state index in [1.807, 2.05) is 48.5 Å². The van der Waals surface area contributed by atoms with E-state index in [0.717, 1.165) is 41.0 Å². The van der Waals surface area contributed by atoms with Gasteiger partial charge in [0.25, 0.3) is 0 Å². The van der Waals surface area contributed by atoms with Gasteiger partial charge in [0.15, 0.2) is 0 Å². The van der Waals surface area contributed by atoms with Crippen LogP contribution < -0.4 is 10.1 Å². The Bertz CT molecular complexity index is 1110. The quantitative estimate of drug-likeness (QED) is 0.518. The second kappa shape index (κ2) is 9.57. The molecule has 1 aromatic heterocycles. The highest BCUT2D eigenvalue weighted by Crippen LogP contribution is 2.34. The Kier molecular flexibility index (Phi) is 6.21. The lowest BCUT2D eigenvalue weighted by atomic mass is 9.90. The second-order valence-corrected chi connectivity index (χ2v) is 8.72. The largest absolute Gasteiger partial charge is 0.494 e. The summed E-state index contributed by atoms with van der Waals surface area (Å²) < 4.78 is 5.67. The fraction of sp³-hybridized carbons (Fsp3) is 0.385. The van der Waals surface area contributed by atoms with Crippen molar-refractivity contribution in [1.82, 2.24) is 15.1 Å². The molecule has 166 valence electrons. The van der Waals surface area contributed by atoms with Crippen LogP contribution in [0.3, 0.4) is 0 Å². The number of para-hydroxylation sites is 1. The van der Waals surface area contributed by atoms with Crippen molar-refractivity contribution < 1.29 is 9.53 Å². The molecule has 0 bridgehead atoms. The maximum atomic E-state index is 12.4. The van der Waals surface area contributed by atoms with Crippen LogP contribution in [-0.4, -0.2) is 46.7 Å². The summed E-state index contributed by atoms with van der Waals surface area (Å²) in [6.45, 7) is 2.74. The first-order valence-corrected chi connectivity index (χ1v) is 11.7. The van der Waals surface area contributed by atoms with Crippen LogP contribution in [0.25, 0.3) is 16.5 Å². The van der Waals surface area contributed by atoms with Gasteiger partial charge < -0.3 is 10.1 Å². The topological polar surface area (TPSA) is 70.2 Å². The predicted molar refractivity (Wildman–Crippen MR) is 128 cm³/mol. The molecule has 2 N–H and O–H groups in total. The molecule has 1 unspecified atom stereocenters. The third-order valence-electron chi connectivity index (χ3n) is 6.49. The Hall–Kier alpha value is -3.12. The van der Waals surface area contributed by atoms with Crippen molar-refractivity contribution in [2.75, 3.05) is 25.0 Å². The molecule has 1 fully saturated rings. The molecule has 3 heterocycles. The Morgan fingerprint density at radius 2 is 2.09 bits per heavy atom. The van der Waals surface area contributed by atoms with Gasteiger partial charge >= 0.3 is 0 Å². The number of piperidine rings is 1. The summed E-state index contributed by atoms with van der Waals surface area (Å²) in [5, 5.41) is 11.9.